The van der Waals surface area contributed by atoms with E-state index in [1.165, 1.54) is 4.90 Å². The van der Waals surface area contributed by atoms with Gasteiger partial charge in [0.15, 0.2) is 0 Å². The fourth-order valence-electron chi connectivity index (χ4n) is 2.16. The summed E-state index contributed by atoms with van der Waals surface area (Å²) in [7, 11) is 1.59. The van der Waals surface area contributed by atoms with Crippen LogP contribution in [0.2, 0.25) is 0 Å². The van der Waals surface area contributed by atoms with E-state index in [0.717, 1.165) is 17.0 Å². The van der Waals surface area contributed by atoms with E-state index >= 15 is 0 Å². The first-order valence-electron chi connectivity index (χ1n) is 7.21. The average molecular weight is 313 g/mol. The fraction of sp³-hybridized carbons (Fsp3) is 0.235. The van der Waals surface area contributed by atoms with Gasteiger partial charge in [-0.1, -0.05) is 18.2 Å². The Labute approximate surface area is 134 Å². The first-order valence-corrected chi connectivity index (χ1v) is 7.21. The fourth-order valence-corrected chi connectivity index (χ4v) is 2.16. The normalized spacial score (nSPS) is 10.1. The van der Waals surface area contributed by atoms with Crippen LogP contribution < -0.4 is 10.5 Å². The zero-order chi connectivity index (χ0) is 16.7. The lowest BCUT2D eigenvalue weighted by Gasteiger charge is -2.21. The van der Waals surface area contributed by atoms with Crippen LogP contribution in [0.15, 0.2) is 48.7 Å². The van der Waals surface area contributed by atoms with Gasteiger partial charge in [-0.2, -0.15) is 0 Å². The summed E-state index contributed by atoms with van der Waals surface area (Å²) in [5, 5.41) is 0. The van der Waals surface area contributed by atoms with Gasteiger partial charge in [-0.15, -0.1) is 0 Å². The number of hydrogen-bond donors (Lipinski definition) is 1. The molecule has 1 aromatic heterocycles. The zero-order valence-electron chi connectivity index (χ0n) is 12.9. The Balaban J connectivity index is 2.07. The number of methoxy groups -OCH3 is 1. The van der Waals surface area contributed by atoms with Crippen LogP contribution in [0, 0.1) is 0 Å². The van der Waals surface area contributed by atoms with Crippen molar-refractivity contribution in [1.29, 1.82) is 0 Å². The SMILES string of the molecule is COc1ccc(CN(CCc2ccccn2)C(=O)C(N)=O)cc1. The molecule has 6 heteroatoms. The second-order valence-corrected chi connectivity index (χ2v) is 5.01. The van der Waals surface area contributed by atoms with Gasteiger partial charge in [-0.25, -0.2) is 0 Å². The van der Waals surface area contributed by atoms with Crippen molar-refractivity contribution in [1.82, 2.24) is 9.88 Å². The smallest absolute Gasteiger partial charge is 0.311 e. The highest BCUT2D eigenvalue weighted by molar-refractivity contribution is 6.34. The number of ether oxygens (including phenoxy) is 1. The average Bonchev–Trinajstić information content (AvgIpc) is 2.59. The lowest BCUT2D eigenvalue weighted by Crippen LogP contribution is -2.41. The second-order valence-electron chi connectivity index (χ2n) is 5.01. The van der Waals surface area contributed by atoms with Crippen molar-refractivity contribution in [3.05, 3.63) is 59.9 Å². The van der Waals surface area contributed by atoms with Gasteiger partial charge in [-0.05, 0) is 29.8 Å². The minimum atomic E-state index is -0.959. The molecule has 0 aliphatic rings. The summed E-state index contributed by atoms with van der Waals surface area (Å²) in [5.74, 6) is -0.925. The first kappa shape index (κ1) is 16.5. The van der Waals surface area contributed by atoms with E-state index in [9.17, 15) is 9.59 Å². The van der Waals surface area contributed by atoms with Gasteiger partial charge in [0.1, 0.15) is 5.75 Å². The molecule has 0 spiro atoms. The van der Waals surface area contributed by atoms with E-state index in [1.54, 1.807) is 25.4 Å². The summed E-state index contributed by atoms with van der Waals surface area (Å²) < 4.78 is 5.10. The molecule has 1 heterocycles. The highest BCUT2D eigenvalue weighted by Gasteiger charge is 2.19. The molecule has 2 amide bonds. The van der Waals surface area contributed by atoms with Crippen LogP contribution in [0.3, 0.4) is 0 Å². The third-order valence-electron chi connectivity index (χ3n) is 3.39. The van der Waals surface area contributed by atoms with Crippen molar-refractivity contribution in [2.75, 3.05) is 13.7 Å². The molecule has 1 aromatic carbocycles. The number of pyridine rings is 1. The quantitative estimate of drug-likeness (QED) is 0.811. The molecule has 2 rings (SSSR count). The van der Waals surface area contributed by atoms with Crippen LogP contribution in [-0.2, 0) is 22.6 Å². The molecule has 0 aliphatic carbocycles. The molecule has 0 fully saturated rings. The van der Waals surface area contributed by atoms with E-state index < -0.39 is 11.8 Å². The molecular formula is C17H19N3O3. The number of amides is 2. The monoisotopic (exact) mass is 313 g/mol. The predicted molar refractivity (Wildman–Crippen MR) is 85.5 cm³/mol. The molecule has 0 saturated heterocycles. The van der Waals surface area contributed by atoms with Crippen LogP contribution in [0.1, 0.15) is 11.3 Å². The van der Waals surface area contributed by atoms with Gasteiger partial charge in [0.2, 0.25) is 0 Å². The molecule has 6 nitrogen and oxygen atoms in total. The maximum absolute atomic E-state index is 12.0. The number of nitrogens with two attached hydrogens (primary N) is 1. The van der Waals surface area contributed by atoms with E-state index in [1.807, 2.05) is 30.3 Å². The van der Waals surface area contributed by atoms with Gasteiger partial charge in [0.05, 0.1) is 7.11 Å². The van der Waals surface area contributed by atoms with Crippen LogP contribution in [0.5, 0.6) is 5.75 Å². The maximum atomic E-state index is 12.0. The highest BCUT2D eigenvalue weighted by atomic mass is 16.5. The number of hydrogen-bond acceptors (Lipinski definition) is 4. The molecule has 2 aromatic rings. The number of aromatic nitrogens is 1. The van der Waals surface area contributed by atoms with E-state index in [2.05, 4.69) is 4.98 Å². The molecule has 0 radical (unpaired) electrons. The molecule has 23 heavy (non-hydrogen) atoms. The van der Waals surface area contributed by atoms with Crippen LogP contribution in [0.4, 0.5) is 0 Å². The Morgan fingerprint density at radius 3 is 2.48 bits per heavy atom. The molecular weight excluding hydrogens is 294 g/mol. The van der Waals surface area contributed by atoms with Crippen molar-refractivity contribution in [3.8, 4) is 5.75 Å². The van der Waals surface area contributed by atoms with Crippen molar-refractivity contribution in [2.24, 2.45) is 5.73 Å². The Morgan fingerprint density at radius 1 is 1.17 bits per heavy atom. The number of primary amides is 1. The topological polar surface area (TPSA) is 85.5 Å². The Hall–Kier alpha value is -2.89. The van der Waals surface area contributed by atoms with Gasteiger partial charge < -0.3 is 15.4 Å². The first-order chi connectivity index (χ1) is 11.1. The lowest BCUT2D eigenvalue weighted by molar-refractivity contribution is -0.144. The minimum Gasteiger partial charge on any atom is -0.497 e. The van der Waals surface area contributed by atoms with Crippen LogP contribution in [-0.4, -0.2) is 35.4 Å². The van der Waals surface area contributed by atoms with Crippen molar-refractivity contribution >= 4 is 11.8 Å². The number of nitrogens with zero attached hydrogens (tertiary/aromatic N) is 2. The molecule has 0 aliphatic heterocycles. The van der Waals surface area contributed by atoms with Crippen molar-refractivity contribution in [2.45, 2.75) is 13.0 Å². The Kier molecular flexibility index (Phi) is 5.68. The number of benzene rings is 1. The van der Waals surface area contributed by atoms with Gasteiger partial charge in [-0.3, -0.25) is 14.6 Å². The minimum absolute atomic E-state index is 0.304. The molecule has 0 unspecified atom stereocenters. The molecule has 0 atom stereocenters. The van der Waals surface area contributed by atoms with Crippen LogP contribution in [0.25, 0.3) is 0 Å². The largest absolute Gasteiger partial charge is 0.497 e. The molecule has 0 bridgehead atoms. The molecule has 120 valence electrons. The summed E-state index contributed by atoms with van der Waals surface area (Å²) in [6, 6.07) is 12.9. The van der Waals surface area contributed by atoms with E-state index in [0.29, 0.717) is 19.5 Å². The Bertz CT molecular complexity index is 657. The van der Waals surface area contributed by atoms with Gasteiger partial charge >= 0.3 is 11.8 Å². The molecule has 0 saturated carbocycles. The zero-order valence-corrected chi connectivity index (χ0v) is 12.9. The van der Waals surface area contributed by atoms with Gasteiger partial charge in [0.25, 0.3) is 0 Å². The molecule has 2 N–H and O–H groups in total. The summed E-state index contributed by atoms with van der Waals surface area (Å²) in [6.07, 6.45) is 2.25. The number of carbonyl (C=O) groups is 2. The number of carbonyl (C=O) groups excluding carboxylic acids is 2. The van der Waals surface area contributed by atoms with Crippen LogP contribution >= 0.6 is 0 Å². The third kappa shape index (κ3) is 4.81. The number of rotatable bonds is 6. The van der Waals surface area contributed by atoms with Gasteiger partial charge in [0, 0.05) is 31.4 Å². The predicted octanol–water partition coefficient (Wildman–Crippen LogP) is 1.15. The Morgan fingerprint density at radius 2 is 1.91 bits per heavy atom. The van der Waals surface area contributed by atoms with Crippen molar-refractivity contribution in [3.63, 3.8) is 0 Å². The summed E-state index contributed by atoms with van der Waals surface area (Å²) in [4.78, 5) is 28.9. The maximum Gasteiger partial charge on any atom is 0.311 e. The summed E-state index contributed by atoms with van der Waals surface area (Å²) in [5.41, 5.74) is 6.88. The lowest BCUT2D eigenvalue weighted by atomic mass is 10.2. The standard InChI is InChI=1S/C17H19N3O3/c1-23-15-7-5-13(6-8-15)12-20(17(22)16(18)21)11-9-14-4-2-3-10-19-14/h2-8,10H,9,11-12H2,1H3,(H2,18,21). The van der Waals surface area contributed by atoms with E-state index in [-0.39, 0.29) is 0 Å². The summed E-state index contributed by atoms with van der Waals surface area (Å²) in [6.45, 7) is 0.670. The summed E-state index contributed by atoms with van der Waals surface area (Å²) >= 11 is 0. The highest BCUT2D eigenvalue weighted by Crippen LogP contribution is 2.13. The third-order valence-corrected chi connectivity index (χ3v) is 3.39. The second kappa shape index (κ2) is 7.93. The van der Waals surface area contributed by atoms with Crippen molar-refractivity contribution < 1.29 is 14.3 Å². The van der Waals surface area contributed by atoms with E-state index in [4.69, 9.17) is 10.5 Å².